The average Bonchev–Trinajstić information content (AvgIpc) is 3.09. The zero-order valence-electron chi connectivity index (χ0n) is 18.4. The fourth-order valence-electron chi connectivity index (χ4n) is 3.85. The van der Waals surface area contributed by atoms with Crippen molar-refractivity contribution in [2.45, 2.75) is 56.6 Å². The number of amides is 1. The van der Waals surface area contributed by atoms with Gasteiger partial charge in [0, 0.05) is 35.1 Å². The topological polar surface area (TPSA) is 87.3 Å². The van der Waals surface area contributed by atoms with E-state index in [-0.39, 0.29) is 28.9 Å². The second kappa shape index (κ2) is 10.1. The van der Waals surface area contributed by atoms with Gasteiger partial charge in [0.25, 0.3) is 5.91 Å². The summed E-state index contributed by atoms with van der Waals surface area (Å²) >= 11 is 1.70. The van der Waals surface area contributed by atoms with Gasteiger partial charge in [-0.15, -0.1) is 0 Å². The van der Waals surface area contributed by atoms with Gasteiger partial charge in [0.05, 0.1) is 4.90 Å². The number of nitrogens with one attached hydrogen (secondary N) is 3. The second-order valence-electron chi connectivity index (χ2n) is 8.37. The second-order valence-corrected chi connectivity index (χ2v) is 11.0. The third kappa shape index (κ3) is 6.24. The van der Waals surface area contributed by atoms with E-state index in [1.54, 1.807) is 37.7 Å². The Labute approximate surface area is 189 Å². The van der Waals surface area contributed by atoms with Crippen LogP contribution in [-0.2, 0) is 22.9 Å². The van der Waals surface area contributed by atoms with Gasteiger partial charge < -0.3 is 10.6 Å². The number of hydrogen-bond acceptors (Lipinski definition) is 5. The Bertz CT molecular complexity index is 1010. The molecular weight excluding hydrogens is 430 g/mol. The Morgan fingerprint density at radius 2 is 1.74 bits per heavy atom. The highest BCUT2D eigenvalue weighted by molar-refractivity contribution is 7.98. The predicted octanol–water partition coefficient (Wildman–Crippen LogP) is 3.43. The smallest absolute Gasteiger partial charge is 0.251 e. The molecule has 1 aliphatic carbocycles. The largest absolute Gasteiger partial charge is 0.382 e. The van der Waals surface area contributed by atoms with Crippen molar-refractivity contribution in [2.24, 2.45) is 0 Å². The van der Waals surface area contributed by atoms with Crippen LogP contribution in [0.4, 0.5) is 5.69 Å². The third-order valence-corrected chi connectivity index (χ3v) is 7.56. The van der Waals surface area contributed by atoms with Crippen LogP contribution in [0, 0.1) is 0 Å². The molecule has 2 aromatic carbocycles. The van der Waals surface area contributed by atoms with Crippen LogP contribution >= 0.6 is 11.8 Å². The maximum Gasteiger partial charge on any atom is 0.251 e. The molecule has 1 aliphatic rings. The average molecular weight is 462 g/mol. The van der Waals surface area contributed by atoms with Crippen molar-refractivity contribution in [1.82, 2.24) is 10.0 Å². The summed E-state index contributed by atoms with van der Waals surface area (Å²) in [5.41, 5.74) is 3.45. The molecule has 168 valence electrons. The van der Waals surface area contributed by atoms with Crippen LogP contribution in [0.3, 0.4) is 0 Å². The number of fused-ring (bicyclic) bond motifs is 1. The van der Waals surface area contributed by atoms with Crippen LogP contribution in [0.5, 0.6) is 0 Å². The number of benzene rings is 2. The highest BCUT2D eigenvalue weighted by Crippen LogP contribution is 2.24. The van der Waals surface area contributed by atoms with Crippen molar-refractivity contribution in [2.75, 3.05) is 17.3 Å². The lowest BCUT2D eigenvalue weighted by atomic mass is 10.1. The molecule has 0 radical (unpaired) electrons. The molecule has 6 nitrogen and oxygen atoms in total. The number of anilines is 1. The van der Waals surface area contributed by atoms with E-state index in [2.05, 4.69) is 27.5 Å². The standard InChI is InChI=1S/C23H31N3O3S2/c1-15(2)26-31(28,29)22-12-19(11-21(13-22)24-16(3)14-30-4)23(27)25-20-9-17-7-5-6-8-18(17)10-20/h5-8,11-13,15-16,20,24,26H,9-10,14H2,1-4H3,(H,25,27). The summed E-state index contributed by atoms with van der Waals surface area (Å²) < 4.78 is 28.2. The molecular formula is C23H31N3O3S2. The van der Waals surface area contributed by atoms with Gasteiger partial charge in [-0.2, -0.15) is 11.8 Å². The van der Waals surface area contributed by atoms with Crippen molar-refractivity contribution in [1.29, 1.82) is 0 Å². The van der Waals surface area contributed by atoms with E-state index >= 15 is 0 Å². The minimum absolute atomic E-state index is 0.00535. The molecule has 3 N–H and O–H groups in total. The first-order chi connectivity index (χ1) is 14.7. The first kappa shape index (κ1) is 23.6. The molecule has 3 rings (SSSR count). The number of carbonyl (C=O) groups excluding carboxylic acids is 1. The summed E-state index contributed by atoms with van der Waals surface area (Å²) in [6, 6.07) is 12.8. The fraction of sp³-hybridized carbons (Fsp3) is 0.435. The summed E-state index contributed by atoms with van der Waals surface area (Å²) in [5, 5.41) is 6.40. The Hall–Kier alpha value is -2.03. The van der Waals surface area contributed by atoms with E-state index in [1.807, 2.05) is 25.3 Å². The van der Waals surface area contributed by atoms with Gasteiger partial charge >= 0.3 is 0 Å². The third-order valence-electron chi connectivity index (χ3n) is 5.09. The fourth-order valence-corrected chi connectivity index (χ4v) is 5.76. The Morgan fingerprint density at radius 3 is 2.32 bits per heavy atom. The molecule has 0 bridgehead atoms. The molecule has 0 spiro atoms. The lowest BCUT2D eigenvalue weighted by Gasteiger charge is -2.18. The number of rotatable bonds is 9. The first-order valence-electron chi connectivity index (χ1n) is 10.5. The molecule has 1 unspecified atom stereocenters. The summed E-state index contributed by atoms with van der Waals surface area (Å²) in [5.74, 6) is 0.600. The zero-order chi connectivity index (χ0) is 22.6. The Kier molecular flexibility index (Phi) is 7.67. The Morgan fingerprint density at radius 1 is 1.10 bits per heavy atom. The molecule has 0 aliphatic heterocycles. The minimum atomic E-state index is -3.73. The quantitative estimate of drug-likeness (QED) is 0.533. The van der Waals surface area contributed by atoms with Crippen molar-refractivity contribution in [3.05, 3.63) is 59.2 Å². The summed E-state index contributed by atoms with van der Waals surface area (Å²) in [6.07, 6.45) is 3.58. The van der Waals surface area contributed by atoms with Crippen LogP contribution < -0.4 is 15.4 Å². The van der Waals surface area contributed by atoms with Crippen LogP contribution in [0.2, 0.25) is 0 Å². The zero-order valence-corrected chi connectivity index (χ0v) is 20.1. The lowest BCUT2D eigenvalue weighted by Crippen LogP contribution is -2.35. The monoisotopic (exact) mass is 461 g/mol. The van der Waals surface area contributed by atoms with E-state index in [0.717, 1.165) is 18.6 Å². The molecule has 0 heterocycles. The lowest BCUT2D eigenvalue weighted by molar-refractivity contribution is 0.0938. The molecule has 0 saturated heterocycles. The minimum Gasteiger partial charge on any atom is -0.382 e. The van der Waals surface area contributed by atoms with Crippen molar-refractivity contribution >= 4 is 33.4 Å². The molecule has 31 heavy (non-hydrogen) atoms. The van der Waals surface area contributed by atoms with Gasteiger partial charge in [-0.1, -0.05) is 24.3 Å². The number of sulfonamides is 1. The molecule has 0 saturated carbocycles. The first-order valence-corrected chi connectivity index (χ1v) is 13.4. The molecule has 1 amide bonds. The summed E-state index contributed by atoms with van der Waals surface area (Å²) in [7, 11) is -3.73. The van der Waals surface area contributed by atoms with Gasteiger partial charge in [0.1, 0.15) is 0 Å². The molecule has 0 aromatic heterocycles. The van der Waals surface area contributed by atoms with E-state index in [9.17, 15) is 13.2 Å². The molecule has 2 aromatic rings. The number of carbonyl (C=O) groups is 1. The van der Waals surface area contributed by atoms with E-state index in [0.29, 0.717) is 11.3 Å². The van der Waals surface area contributed by atoms with Crippen LogP contribution in [-0.4, -0.2) is 44.5 Å². The summed E-state index contributed by atoms with van der Waals surface area (Å²) in [6.45, 7) is 5.57. The Balaban J connectivity index is 1.85. The van der Waals surface area contributed by atoms with Crippen LogP contribution in [0.1, 0.15) is 42.3 Å². The van der Waals surface area contributed by atoms with Crippen molar-refractivity contribution in [3.63, 3.8) is 0 Å². The summed E-state index contributed by atoms with van der Waals surface area (Å²) in [4.78, 5) is 13.1. The van der Waals surface area contributed by atoms with E-state index in [1.165, 1.54) is 17.2 Å². The molecule has 8 heteroatoms. The molecule has 1 atom stereocenters. The van der Waals surface area contributed by atoms with Gasteiger partial charge in [-0.3, -0.25) is 4.79 Å². The maximum atomic E-state index is 13.1. The molecule has 0 fully saturated rings. The number of hydrogen-bond donors (Lipinski definition) is 3. The number of thioether (sulfide) groups is 1. The van der Waals surface area contributed by atoms with Crippen molar-refractivity contribution < 1.29 is 13.2 Å². The van der Waals surface area contributed by atoms with Crippen LogP contribution in [0.25, 0.3) is 0 Å². The normalized spacial score (nSPS) is 15.0. The van der Waals surface area contributed by atoms with Crippen molar-refractivity contribution in [3.8, 4) is 0 Å². The SMILES string of the molecule is CSCC(C)Nc1cc(C(=O)NC2Cc3ccccc3C2)cc(S(=O)(=O)NC(C)C)c1. The maximum absolute atomic E-state index is 13.1. The van der Waals surface area contributed by atoms with Crippen LogP contribution in [0.15, 0.2) is 47.4 Å². The van der Waals surface area contributed by atoms with Gasteiger partial charge in [-0.05, 0) is 69.2 Å². The van der Waals surface area contributed by atoms with Gasteiger partial charge in [0.2, 0.25) is 10.0 Å². The van der Waals surface area contributed by atoms with Gasteiger partial charge in [-0.25, -0.2) is 13.1 Å². The highest BCUT2D eigenvalue weighted by atomic mass is 32.2. The van der Waals surface area contributed by atoms with Gasteiger partial charge in [0.15, 0.2) is 0 Å². The highest BCUT2D eigenvalue weighted by Gasteiger charge is 2.24. The van der Waals surface area contributed by atoms with E-state index < -0.39 is 10.0 Å². The predicted molar refractivity (Wildman–Crippen MR) is 128 cm³/mol. The van der Waals surface area contributed by atoms with E-state index in [4.69, 9.17) is 0 Å².